The van der Waals surface area contributed by atoms with Crippen molar-refractivity contribution in [3.63, 3.8) is 0 Å². The Morgan fingerprint density at radius 2 is 1.65 bits per heavy atom. The number of carbonyl (C=O) groups excluding carboxylic acids is 1. The van der Waals surface area contributed by atoms with Crippen LogP contribution >= 0.6 is 12.4 Å². The van der Waals surface area contributed by atoms with Gasteiger partial charge in [-0.3, -0.25) is 9.69 Å². The predicted octanol–water partition coefficient (Wildman–Crippen LogP) is 2.49. The van der Waals surface area contributed by atoms with Crippen LogP contribution < -0.4 is 5.32 Å². The lowest BCUT2D eigenvalue weighted by Crippen LogP contribution is -2.50. The van der Waals surface area contributed by atoms with Gasteiger partial charge in [-0.1, -0.05) is 13.3 Å². The molecular weight excluding hydrogens is 456 g/mol. The van der Waals surface area contributed by atoms with Crippen molar-refractivity contribution in [1.82, 2.24) is 10.2 Å². The fourth-order valence-electron chi connectivity index (χ4n) is 7.75. The number of hydrogen-bond donors (Lipinski definition) is 4. The number of unbranched alkanes of at least 4 members (excludes halogenated alkanes) is 3. The molecule has 7 nitrogen and oxygen atoms in total. The van der Waals surface area contributed by atoms with Gasteiger partial charge < -0.3 is 25.4 Å². The molecule has 0 spiro atoms. The molecule has 1 aliphatic heterocycles. The first-order chi connectivity index (χ1) is 16.0. The van der Waals surface area contributed by atoms with Crippen molar-refractivity contribution in [2.75, 3.05) is 32.9 Å². The van der Waals surface area contributed by atoms with E-state index in [-0.39, 0.29) is 24.9 Å². The molecule has 5 aliphatic rings. The van der Waals surface area contributed by atoms with Crippen molar-refractivity contribution in [1.29, 1.82) is 0 Å². The molecule has 34 heavy (non-hydrogen) atoms. The lowest BCUT2D eigenvalue weighted by molar-refractivity contribution is -0.129. The molecule has 0 radical (unpaired) electrons. The largest absolute Gasteiger partial charge is 0.395 e. The van der Waals surface area contributed by atoms with Gasteiger partial charge in [0.15, 0.2) is 0 Å². The third-order valence-corrected chi connectivity index (χ3v) is 8.91. The maximum absolute atomic E-state index is 12.7. The van der Waals surface area contributed by atoms with E-state index in [2.05, 4.69) is 12.2 Å². The third kappa shape index (κ3) is 6.27. The number of ether oxygens (including phenoxy) is 1. The summed E-state index contributed by atoms with van der Waals surface area (Å²) in [5, 5.41) is 33.2. The number of carbonyl (C=O) groups is 1. The summed E-state index contributed by atoms with van der Waals surface area (Å²) in [6, 6.07) is -1.39. The molecule has 4 atom stereocenters. The van der Waals surface area contributed by atoms with E-state index in [1.807, 2.05) is 0 Å². The molecule has 4 bridgehead atoms. The molecule has 5 rings (SSSR count). The molecule has 5 fully saturated rings. The number of nitrogens with one attached hydrogen (secondary N) is 1. The monoisotopic (exact) mass is 502 g/mol. The highest BCUT2D eigenvalue weighted by Crippen LogP contribution is 2.60. The highest BCUT2D eigenvalue weighted by Gasteiger charge is 2.51. The molecule has 0 aromatic carbocycles. The minimum Gasteiger partial charge on any atom is -0.395 e. The Morgan fingerprint density at radius 3 is 2.24 bits per heavy atom. The van der Waals surface area contributed by atoms with Gasteiger partial charge in [0.2, 0.25) is 5.91 Å². The van der Waals surface area contributed by atoms with Crippen LogP contribution in [0.1, 0.15) is 77.6 Å². The second kappa shape index (κ2) is 12.7. The Hall–Kier alpha value is -0.440. The van der Waals surface area contributed by atoms with Crippen molar-refractivity contribution in [3.8, 4) is 0 Å². The molecule has 1 heterocycles. The molecule has 0 aromatic rings. The van der Waals surface area contributed by atoms with Crippen molar-refractivity contribution >= 4 is 18.3 Å². The summed E-state index contributed by atoms with van der Waals surface area (Å²) in [6.07, 6.45) is 11.0. The normalized spacial score (nSPS) is 38.8. The number of aliphatic hydroxyl groups excluding tert-OH is 3. The first-order valence-corrected chi connectivity index (χ1v) is 13.5. The van der Waals surface area contributed by atoms with E-state index in [1.165, 1.54) is 38.5 Å². The van der Waals surface area contributed by atoms with Crippen LogP contribution in [0.2, 0.25) is 0 Å². The lowest BCUT2D eigenvalue weighted by Gasteiger charge is -2.56. The molecular formula is C26H47ClN2O5. The fourth-order valence-corrected chi connectivity index (χ4v) is 7.75. The highest BCUT2D eigenvalue weighted by molar-refractivity contribution is 5.85. The van der Waals surface area contributed by atoms with E-state index < -0.39 is 24.3 Å². The number of amides is 1. The minimum atomic E-state index is -1.17. The molecule has 4 N–H and O–H groups in total. The molecule has 0 aromatic heterocycles. The first-order valence-electron chi connectivity index (χ1n) is 13.5. The summed E-state index contributed by atoms with van der Waals surface area (Å²) in [6.45, 7) is 4.66. The van der Waals surface area contributed by atoms with Gasteiger partial charge in [-0.05, 0) is 93.9 Å². The minimum absolute atomic E-state index is 0. The van der Waals surface area contributed by atoms with Gasteiger partial charge in [-0.25, -0.2) is 0 Å². The topological polar surface area (TPSA) is 102 Å². The highest BCUT2D eigenvalue weighted by atomic mass is 35.5. The molecule has 0 unspecified atom stereocenters. The number of likely N-dealkylation sites (tertiary alicyclic amines) is 1. The second-order valence-electron chi connectivity index (χ2n) is 11.6. The van der Waals surface area contributed by atoms with Crippen molar-refractivity contribution in [3.05, 3.63) is 0 Å². The maximum atomic E-state index is 12.7. The maximum Gasteiger partial charge on any atom is 0.240 e. The van der Waals surface area contributed by atoms with Gasteiger partial charge in [0.25, 0.3) is 0 Å². The van der Waals surface area contributed by atoms with E-state index in [0.29, 0.717) is 18.5 Å². The quantitative estimate of drug-likeness (QED) is 0.289. The van der Waals surface area contributed by atoms with Crippen molar-refractivity contribution in [2.45, 2.75) is 102 Å². The molecule has 198 valence electrons. The van der Waals surface area contributed by atoms with Crippen molar-refractivity contribution in [2.24, 2.45) is 23.2 Å². The summed E-state index contributed by atoms with van der Waals surface area (Å²) < 4.78 is 6.15. The summed E-state index contributed by atoms with van der Waals surface area (Å²) in [4.78, 5) is 14.5. The molecule has 4 saturated carbocycles. The zero-order valence-electron chi connectivity index (χ0n) is 20.9. The Morgan fingerprint density at radius 1 is 1.00 bits per heavy atom. The van der Waals surface area contributed by atoms with Gasteiger partial charge in [0, 0.05) is 13.2 Å². The van der Waals surface area contributed by atoms with E-state index in [0.717, 1.165) is 63.1 Å². The van der Waals surface area contributed by atoms with Gasteiger partial charge >= 0.3 is 0 Å². The lowest BCUT2D eigenvalue weighted by atomic mass is 9.50. The first kappa shape index (κ1) is 28.1. The summed E-state index contributed by atoms with van der Waals surface area (Å²) >= 11 is 0. The molecule has 1 saturated heterocycles. The number of rotatable bonds is 13. The van der Waals surface area contributed by atoms with Crippen LogP contribution in [-0.4, -0.2) is 83.3 Å². The van der Waals surface area contributed by atoms with Crippen LogP contribution in [0.3, 0.4) is 0 Å². The van der Waals surface area contributed by atoms with E-state index in [4.69, 9.17) is 4.74 Å². The average molecular weight is 503 g/mol. The van der Waals surface area contributed by atoms with Crippen LogP contribution in [-0.2, 0) is 9.53 Å². The van der Waals surface area contributed by atoms with Crippen LogP contribution in [0.5, 0.6) is 0 Å². The zero-order valence-corrected chi connectivity index (χ0v) is 21.7. The smallest absolute Gasteiger partial charge is 0.240 e. The number of aliphatic hydroxyl groups is 3. The molecule has 8 heteroatoms. The summed E-state index contributed by atoms with van der Waals surface area (Å²) in [7, 11) is 0. The number of nitrogens with zero attached hydrogens (tertiary/aromatic N) is 1. The van der Waals surface area contributed by atoms with Gasteiger partial charge in [0.05, 0.1) is 25.4 Å². The van der Waals surface area contributed by atoms with Crippen molar-refractivity contribution < 1.29 is 24.9 Å². The van der Waals surface area contributed by atoms with Crippen LogP contribution in [0.15, 0.2) is 0 Å². The summed E-state index contributed by atoms with van der Waals surface area (Å²) in [5.41, 5.74) is 0.478. The SMILES string of the molecule is CCCCN1[C@H](C(=O)NCCCCCOCC23CC4CC(CC(C4)C2)C3)[C@H](O)[C@@H](O)[C@@H]1CO.Cl. The third-order valence-electron chi connectivity index (χ3n) is 8.91. The summed E-state index contributed by atoms with van der Waals surface area (Å²) in [5.74, 6) is 2.64. The van der Waals surface area contributed by atoms with Gasteiger partial charge in [0.1, 0.15) is 12.1 Å². The standard InChI is InChI=1S/C26H46N2O5.ClH/c1-2-3-8-28-21(16-29)23(30)24(31)22(28)25(32)27-7-5-4-6-9-33-17-26-13-18-10-19(14-26)12-20(11-18)15-26;/h18-24,29-31H,2-17H2,1H3,(H,27,32);1H/t18?,19?,20?,21-,22-,23-,24-,26?;/m0./s1. The molecule has 4 aliphatic carbocycles. The van der Waals surface area contributed by atoms with E-state index in [9.17, 15) is 20.1 Å². The van der Waals surface area contributed by atoms with Gasteiger partial charge in [-0.15, -0.1) is 12.4 Å². The van der Waals surface area contributed by atoms with Crippen LogP contribution in [0.4, 0.5) is 0 Å². The Labute approximate surface area is 211 Å². The zero-order chi connectivity index (χ0) is 23.4. The van der Waals surface area contributed by atoms with E-state index in [1.54, 1.807) is 4.90 Å². The Balaban J connectivity index is 0.00000324. The Kier molecular flexibility index (Phi) is 10.5. The van der Waals surface area contributed by atoms with Crippen LogP contribution in [0, 0.1) is 23.2 Å². The molecule has 1 amide bonds. The van der Waals surface area contributed by atoms with Gasteiger partial charge in [-0.2, -0.15) is 0 Å². The average Bonchev–Trinajstić information content (AvgIpc) is 3.02. The second-order valence-corrected chi connectivity index (χ2v) is 11.6. The fraction of sp³-hybridized carbons (Fsp3) is 0.962. The van der Waals surface area contributed by atoms with Crippen LogP contribution in [0.25, 0.3) is 0 Å². The van der Waals surface area contributed by atoms with E-state index >= 15 is 0 Å². The Bertz CT molecular complexity index is 615. The number of hydrogen-bond acceptors (Lipinski definition) is 6. The number of halogens is 1. The predicted molar refractivity (Wildman–Crippen MR) is 134 cm³/mol.